The number of carbonyl (C=O) groups is 1. The maximum absolute atomic E-state index is 10.4. The molecular weight excluding hydrogens is 154 g/mol. The Bertz CT molecular complexity index is 176. The van der Waals surface area contributed by atoms with Crippen molar-refractivity contribution in [3.05, 3.63) is 10.4 Å². The molecule has 0 fully saturated rings. The van der Waals surface area contributed by atoms with Crippen LogP contribution in [0.3, 0.4) is 0 Å². The molecule has 0 amide bonds. The zero-order chi connectivity index (χ0) is 8.69. The number of aliphatic hydroxyl groups is 2. The van der Waals surface area contributed by atoms with Gasteiger partial charge in [0.2, 0.25) is 0 Å². The first-order chi connectivity index (χ1) is 5.22. The largest absolute Gasteiger partial charge is 0.458 e. The van der Waals surface area contributed by atoms with Gasteiger partial charge in [-0.3, -0.25) is 0 Å². The number of azide groups is 1. The van der Waals surface area contributed by atoms with E-state index in [2.05, 4.69) is 14.8 Å². The SMILES string of the molecule is [N-]=[N+]=NCOC(=O)C(O)CO. The average Bonchev–Trinajstić information content (AvgIpc) is 2.03. The Labute approximate surface area is 61.8 Å². The number of rotatable bonds is 4. The Kier molecular flexibility index (Phi) is 4.83. The topological polar surface area (TPSA) is 116 Å². The van der Waals surface area contributed by atoms with Gasteiger partial charge in [-0.15, -0.1) is 0 Å². The molecule has 7 nitrogen and oxygen atoms in total. The van der Waals surface area contributed by atoms with E-state index in [1.165, 1.54) is 0 Å². The summed E-state index contributed by atoms with van der Waals surface area (Å²) in [6.45, 7) is -1.19. The number of ether oxygens (including phenoxy) is 1. The number of hydrogen-bond acceptors (Lipinski definition) is 5. The van der Waals surface area contributed by atoms with E-state index in [1.54, 1.807) is 0 Å². The van der Waals surface area contributed by atoms with Gasteiger partial charge in [0, 0.05) is 4.91 Å². The highest BCUT2D eigenvalue weighted by atomic mass is 16.6. The first kappa shape index (κ1) is 9.70. The van der Waals surface area contributed by atoms with E-state index in [0.29, 0.717) is 0 Å². The van der Waals surface area contributed by atoms with E-state index >= 15 is 0 Å². The minimum absolute atomic E-state index is 0.480. The summed E-state index contributed by atoms with van der Waals surface area (Å²) in [5, 5.41) is 19.6. The van der Waals surface area contributed by atoms with Gasteiger partial charge in [0.15, 0.2) is 12.8 Å². The second-order valence-electron chi connectivity index (χ2n) is 1.52. The van der Waals surface area contributed by atoms with E-state index in [1.807, 2.05) is 0 Å². The van der Waals surface area contributed by atoms with Gasteiger partial charge in [-0.05, 0) is 5.53 Å². The quantitative estimate of drug-likeness (QED) is 0.242. The Morgan fingerprint density at radius 2 is 2.45 bits per heavy atom. The van der Waals surface area contributed by atoms with E-state index < -0.39 is 25.4 Å². The van der Waals surface area contributed by atoms with Gasteiger partial charge in [-0.25, -0.2) is 4.79 Å². The van der Waals surface area contributed by atoms with E-state index in [9.17, 15) is 4.79 Å². The van der Waals surface area contributed by atoms with Gasteiger partial charge >= 0.3 is 5.97 Å². The summed E-state index contributed by atoms with van der Waals surface area (Å²) in [6, 6.07) is 0. The van der Waals surface area contributed by atoms with Crippen molar-refractivity contribution in [1.82, 2.24) is 0 Å². The Morgan fingerprint density at radius 1 is 1.82 bits per heavy atom. The molecule has 0 heterocycles. The van der Waals surface area contributed by atoms with E-state index in [0.717, 1.165) is 0 Å². The van der Waals surface area contributed by atoms with Crippen LogP contribution in [0.5, 0.6) is 0 Å². The lowest BCUT2D eigenvalue weighted by molar-refractivity contribution is -0.155. The van der Waals surface area contributed by atoms with Gasteiger partial charge in [-0.1, -0.05) is 5.11 Å². The lowest BCUT2D eigenvalue weighted by Crippen LogP contribution is -2.26. The minimum Gasteiger partial charge on any atom is -0.458 e. The third-order valence-electron chi connectivity index (χ3n) is 0.773. The van der Waals surface area contributed by atoms with Crippen molar-refractivity contribution in [3.8, 4) is 0 Å². The highest BCUT2D eigenvalue weighted by Gasteiger charge is 2.13. The number of carbonyl (C=O) groups excluding carboxylic acids is 1. The molecule has 0 spiro atoms. The molecular formula is C4H7N3O4. The molecule has 0 rings (SSSR count). The molecule has 0 saturated carbocycles. The second kappa shape index (κ2) is 5.48. The molecule has 0 bridgehead atoms. The highest BCUT2D eigenvalue weighted by Crippen LogP contribution is 1.87. The van der Waals surface area contributed by atoms with Crippen LogP contribution in [0.2, 0.25) is 0 Å². The number of nitrogens with zero attached hydrogens (tertiary/aromatic N) is 3. The third kappa shape index (κ3) is 4.15. The third-order valence-corrected chi connectivity index (χ3v) is 0.773. The number of aliphatic hydroxyl groups excluding tert-OH is 2. The van der Waals surface area contributed by atoms with Crippen molar-refractivity contribution < 1.29 is 19.7 Å². The zero-order valence-electron chi connectivity index (χ0n) is 5.54. The van der Waals surface area contributed by atoms with E-state index in [4.69, 9.17) is 15.7 Å². The highest BCUT2D eigenvalue weighted by molar-refractivity contribution is 5.74. The molecule has 0 aliphatic rings. The van der Waals surface area contributed by atoms with Gasteiger partial charge in [0.05, 0.1) is 6.61 Å². The van der Waals surface area contributed by atoms with Crippen LogP contribution < -0.4 is 0 Å². The second-order valence-corrected chi connectivity index (χ2v) is 1.52. The van der Waals surface area contributed by atoms with Crippen LogP contribution in [0.4, 0.5) is 0 Å². The van der Waals surface area contributed by atoms with Gasteiger partial charge in [0.1, 0.15) is 0 Å². The van der Waals surface area contributed by atoms with Crippen molar-refractivity contribution in [2.45, 2.75) is 6.10 Å². The number of hydrogen-bond donors (Lipinski definition) is 2. The Morgan fingerprint density at radius 3 is 2.91 bits per heavy atom. The summed E-state index contributed by atoms with van der Waals surface area (Å²) in [5.74, 6) is -1.01. The summed E-state index contributed by atoms with van der Waals surface area (Å²) in [5.41, 5.74) is 7.73. The molecule has 0 aromatic rings. The van der Waals surface area contributed by atoms with Gasteiger partial charge in [-0.2, -0.15) is 0 Å². The average molecular weight is 161 g/mol. The van der Waals surface area contributed by atoms with Crippen molar-refractivity contribution in [3.63, 3.8) is 0 Å². The summed E-state index contributed by atoms with van der Waals surface area (Å²) in [7, 11) is 0. The van der Waals surface area contributed by atoms with Crippen LogP contribution in [0.15, 0.2) is 5.11 Å². The first-order valence-electron chi connectivity index (χ1n) is 2.68. The summed E-state index contributed by atoms with van der Waals surface area (Å²) in [6.07, 6.45) is -1.57. The lowest BCUT2D eigenvalue weighted by atomic mass is 10.4. The predicted molar refractivity (Wildman–Crippen MR) is 33.2 cm³/mol. The molecule has 0 radical (unpaired) electrons. The molecule has 0 saturated heterocycles. The minimum atomic E-state index is -1.57. The molecule has 2 N–H and O–H groups in total. The van der Waals surface area contributed by atoms with Crippen LogP contribution in [0, 0.1) is 0 Å². The fourth-order valence-electron chi connectivity index (χ4n) is 0.289. The summed E-state index contributed by atoms with van der Waals surface area (Å²) in [4.78, 5) is 12.7. The van der Waals surface area contributed by atoms with Crippen molar-refractivity contribution in [2.75, 3.05) is 13.3 Å². The molecule has 0 aromatic heterocycles. The molecule has 0 aromatic carbocycles. The van der Waals surface area contributed by atoms with Crippen LogP contribution in [-0.4, -0.2) is 35.6 Å². The monoisotopic (exact) mass is 161 g/mol. The Hall–Kier alpha value is -1.30. The predicted octanol–water partition coefficient (Wildman–Crippen LogP) is -0.849. The van der Waals surface area contributed by atoms with E-state index in [-0.39, 0.29) is 0 Å². The molecule has 7 heteroatoms. The maximum atomic E-state index is 10.4. The first-order valence-corrected chi connectivity index (χ1v) is 2.68. The van der Waals surface area contributed by atoms with Crippen molar-refractivity contribution >= 4 is 5.97 Å². The molecule has 0 aliphatic carbocycles. The maximum Gasteiger partial charge on any atom is 0.337 e. The lowest BCUT2D eigenvalue weighted by Gasteiger charge is -2.04. The van der Waals surface area contributed by atoms with Crippen LogP contribution in [0.25, 0.3) is 10.4 Å². The van der Waals surface area contributed by atoms with Crippen molar-refractivity contribution in [2.24, 2.45) is 5.11 Å². The molecule has 11 heavy (non-hydrogen) atoms. The summed E-state index contributed by atoms with van der Waals surface area (Å²) >= 11 is 0. The zero-order valence-corrected chi connectivity index (χ0v) is 5.54. The molecule has 1 atom stereocenters. The molecule has 1 unspecified atom stereocenters. The van der Waals surface area contributed by atoms with Crippen LogP contribution in [-0.2, 0) is 9.53 Å². The molecule has 0 aliphatic heterocycles. The van der Waals surface area contributed by atoms with Crippen LogP contribution >= 0.6 is 0 Å². The molecule has 62 valence electrons. The van der Waals surface area contributed by atoms with Gasteiger partial charge in [0.25, 0.3) is 0 Å². The van der Waals surface area contributed by atoms with Crippen LogP contribution in [0.1, 0.15) is 0 Å². The summed E-state index contributed by atoms with van der Waals surface area (Å²) < 4.78 is 4.17. The number of esters is 1. The fraction of sp³-hybridized carbons (Fsp3) is 0.750. The smallest absolute Gasteiger partial charge is 0.337 e. The van der Waals surface area contributed by atoms with Crippen molar-refractivity contribution in [1.29, 1.82) is 0 Å². The Balaban J connectivity index is 3.60. The fourth-order valence-corrected chi connectivity index (χ4v) is 0.289. The van der Waals surface area contributed by atoms with Gasteiger partial charge < -0.3 is 14.9 Å². The normalized spacial score (nSPS) is 11.5. The standard InChI is InChI=1S/C4H7N3O4/c5-7-6-2-11-4(10)3(9)1-8/h3,8-9H,1-2H2.